The summed E-state index contributed by atoms with van der Waals surface area (Å²) in [7, 11) is 0. The number of para-hydroxylation sites is 2. The van der Waals surface area contributed by atoms with Gasteiger partial charge in [0.2, 0.25) is 0 Å². The van der Waals surface area contributed by atoms with Gasteiger partial charge >= 0.3 is 0 Å². The maximum absolute atomic E-state index is 6.79. The Hall–Kier alpha value is -6.06. The molecule has 0 atom stereocenters. The highest BCUT2D eigenvalue weighted by Gasteiger charge is 2.44. The SMILES string of the molecule is Cc1cccc2c1N1c3cccc(N(c4ccccc4)c4ccc(-c5ccccc5)cc4)c3C(C)(C)c3cc(-c4ccccc4)cc(c31)O2. The van der Waals surface area contributed by atoms with Gasteiger partial charge < -0.3 is 14.5 Å². The molecule has 2 aliphatic rings. The number of nitrogens with zero attached hydrogens (tertiary/aromatic N) is 2. The molecule has 0 unspecified atom stereocenters. The van der Waals surface area contributed by atoms with Gasteiger partial charge in [-0.05, 0) is 94.9 Å². The van der Waals surface area contributed by atoms with Crippen LogP contribution in [0.1, 0.15) is 30.5 Å². The summed E-state index contributed by atoms with van der Waals surface area (Å²) in [6.07, 6.45) is 0. The highest BCUT2D eigenvalue weighted by Crippen LogP contribution is 2.63. The number of anilines is 6. The van der Waals surface area contributed by atoms with Crippen molar-refractivity contribution >= 4 is 34.1 Å². The molecule has 0 aliphatic carbocycles. The Morgan fingerprint density at radius 2 is 1.10 bits per heavy atom. The minimum Gasteiger partial charge on any atom is -0.453 e. The summed E-state index contributed by atoms with van der Waals surface area (Å²) in [6.45, 7) is 6.91. The highest BCUT2D eigenvalue weighted by molar-refractivity contribution is 5.98. The van der Waals surface area contributed by atoms with Gasteiger partial charge in [0, 0.05) is 22.4 Å². The first-order chi connectivity index (χ1) is 24.0. The standard InChI is InChI=1S/C46H36N2O/c1-31-15-13-24-41-44(31)48-40-23-14-22-39(43(40)46(2,3)38-29-35(30-42(49-41)45(38)48)33-18-9-5-10-19-33)47(36-20-11-6-12-21-36)37-27-25-34(26-28-37)32-16-7-4-8-17-32/h4-30H,1-3H3. The zero-order chi connectivity index (χ0) is 33.1. The van der Waals surface area contributed by atoms with E-state index in [0.717, 1.165) is 45.5 Å². The topological polar surface area (TPSA) is 15.7 Å². The highest BCUT2D eigenvalue weighted by atomic mass is 16.5. The summed E-state index contributed by atoms with van der Waals surface area (Å²) >= 11 is 0. The van der Waals surface area contributed by atoms with Crippen LogP contribution in [0.15, 0.2) is 164 Å². The van der Waals surface area contributed by atoms with E-state index < -0.39 is 0 Å². The third kappa shape index (κ3) is 4.65. The van der Waals surface area contributed by atoms with Gasteiger partial charge in [0.05, 0.1) is 22.7 Å². The van der Waals surface area contributed by atoms with E-state index in [1.165, 1.54) is 39.1 Å². The molecular formula is C46H36N2O. The van der Waals surface area contributed by atoms with Gasteiger partial charge in [-0.2, -0.15) is 0 Å². The van der Waals surface area contributed by atoms with E-state index in [9.17, 15) is 0 Å². The van der Waals surface area contributed by atoms with Gasteiger partial charge in [-0.25, -0.2) is 0 Å². The lowest BCUT2D eigenvalue weighted by atomic mass is 9.71. The van der Waals surface area contributed by atoms with Crippen LogP contribution in [0.5, 0.6) is 11.5 Å². The van der Waals surface area contributed by atoms with Crippen LogP contribution in [0.3, 0.4) is 0 Å². The normalized spacial score (nSPS) is 13.5. The quantitative estimate of drug-likeness (QED) is 0.188. The maximum Gasteiger partial charge on any atom is 0.152 e. The summed E-state index contributed by atoms with van der Waals surface area (Å²) in [5, 5.41) is 0. The Balaban J connectivity index is 1.31. The van der Waals surface area contributed by atoms with Gasteiger partial charge in [0.15, 0.2) is 11.5 Å². The Labute approximate surface area is 288 Å². The molecule has 0 saturated heterocycles. The number of fused-ring (bicyclic) bond motifs is 4. The fourth-order valence-electron chi connectivity index (χ4n) is 7.78. The van der Waals surface area contributed by atoms with Crippen molar-refractivity contribution in [3.8, 4) is 33.8 Å². The van der Waals surface area contributed by atoms with Crippen LogP contribution in [0.4, 0.5) is 34.1 Å². The molecule has 0 fully saturated rings. The van der Waals surface area contributed by atoms with Crippen molar-refractivity contribution < 1.29 is 4.74 Å². The van der Waals surface area contributed by atoms with Gasteiger partial charge in [-0.3, -0.25) is 0 Å². The summed E-state index contributed by atoms with van der Waals surface area (Å²) in [4.78, 5) is 4.88. The zero-order valence-electron chi connectivity index (χ0n) is 27.9. The van der Waals surface area contributed by atoms with E-state index in [0.29, 0.717) is 0 Å². The maximum atomic E-state index is 6.79. The van der Waals surface area contributed by atoms with Crippen molar-refractivity contribution in [3.05, 3.63) is 180 Å². The number of ether oxygens (including phenoxy) is 1. The molecule has 0 aromatic heterocycles. The Kier molecular flexibility index (Phi) is 6.70. The molecule has 7 aromatic rings. The third-order valence-corrected chi connectivity index (χ3v) is 10.1. The summed E-state index contributed by atoms with van der Waals surface area (Å²) in [6, 6.07) is 58.6. The fourth-order valence-corrected chi connectivity index (χ4v) is 7.78. The van der Waals surface area contributed by atoms with Gasteiger partial charge in [0.25, 0.3) is 0 Å². The molecule has 7 aromatic carbocycles. The Morgan fingerprint density at radius 3 is 1.80 bits per heavy atom. The molecule has 0 spiro atoms. The van der Waals surface area contributed by atoms with Crippen LogP contribution in [-0.4, -0.2) is 0 Å². The fraction of sp³-hybridized carbons (Fsp3) is 0.0870. The van der Waals surface area contributed by atoms with E-state index >= 15 is 0 Å². The minimum atomic E-state index is -0.377. The molecule has 0 radical (unpaired) electrons. The molecule has 2 aliphatic heterocycles. The predicted octanol–water partition coefficient (Wildman–Crippen LogP) is 13.0. The minimum absolute atomic E-state index is 0.377. The van der Waals surface area contributed by atoms with E-state index in [4.69, 9.17) is 4.74 Å². The number of rotatable bonds is 5. The van der Waals surface area contributed by atoms with E-state index in [1.54, 1.807) is 0 Å². The molecule has 3 heteroatoms. The zero-order valence-corrected chi connectivity index (χ0v) is 27.9. The lowest BCUT2D eigenvalue weighted by Crippen LogP contribution is -2.34. The van der Waals surface area contributed by atoms with Crippen LogP contribution in [0.2, 0.25) is 0 Å². The number of hydrogen-bond donors (Lipinski definition) is 0. The Morgan fingerprint density at radius 1 is 0.510 bits per heavy atom. The molecule has 3 nitrogen and oxygen atoms in total. The second-order valence-electron chi connectivity index (χ2n) is 13.5. The second kappa shape index (κ2) is 11.3. The van der Waals surface area contributed by atoms with E-state index in [-0.39, 0.29) is 5.41 Å². The van der Waals surface area contributed by atoms with Crippen LogP contribution in [0, 0.1) is 6.92 Å². The average molecular weight is 633 g/mol. The monoisotopic (exact) mass is 632 g/mol. The summed E-state index contributed by atoms with van der Waals surface area (Å²) in [5.74, 6) is 1.76. The Bertz CT molecular complexity index is 2330. The molecule has 0 amide bonds. The molecule has 2 heterocycles. The summed E-state index contributed by atoms with van der Waals surface area (Å²) < 4.78 is 6.79. The molecule has 0 bridgehead atoms. The lowest BCUT2D eigenvalue weighted by molar-refractivity contribution is 0.471. The molecular weight excluding hydrogens is 597 g/mol. The lowest BCUT2D eigenvalue weighted by Gasteiger charge is -2.47. The van der Waals surface area contributed by atoms with Crippen molar-refractivity contribution in [2.24, 2.45) is 0 Å². The van der Waals surface area contributed by atoms with Crippen LogP contribution < -0.4 is 14.5 Å². The van der Waals surface area contributed by atoms with Crippen LogP contribution >= 0.6 is 0 Å². The number of hydrogen-bond acceptors (Lipinski definition) is 3. The second-order valence-corrected chi connectivity index (χ2v) is 13.5. The first-order valence-electron chi connectivity index (χ1n) is 16.9. The predicted molar refractivity (Wildman–Crippen MR) is 204 cm³/mol. The van der Waals surface area contributed by atoms with Crippen molar-refractivity contribution in [1.29, 1.82) is 0 Å². The molecule has 236 valence electrons. The van der Waals surface area contributed by atoms with Crippen molar-refractivity contribution in [1.82, 2.24) is 0 Å². The third-order valence-electron chi connectivity index (χ3n) is 10.1. The van der Waals surface area contributed by atoms with E-state index in [2.05, 4.69) is 194 Å². The first-order valence-corrected chi connectivity index (χ1v) is 16.9. The molecule has 9 rings (SSSR count). The van der Waals surface area contributed by atoms with Crippen molar-refractivity contribution in [2.75, 3.05) is 9.80 Å². The molecule has 0 saturated carbocycles. The summed E-state index contributed by atoms with van der Waals surface area (Å²) in [5.41, 5.74) is 14.8. The van der Waals surface area contributed by atoms with Gasteiger partial charge in [0.1, 0.15) is 0 Å². The largest absolute Gasteiger partial charge is 0.453 e. The first kappa shape index (κ1) is 29.1. The van der Waals surface area contributed by atoms with Gasteiger partial charge in [-0.15, -0.1) is 0 Å². The van der Waals surface area contributed by atoms with Crippen molar-refractivity contribution in [3.63, 3.8) is 0 Å². The average Bonchev–Trinajstić information content (AvgIpc) is 3.15. The van der Waals surface area contributed by atoms with Crippen LogP contribution in [-0.2, 0) is 5.41 Å². The smallest absolute Gasteiger partial charge is 0.152 e. The van der Waals surface area contributed by atoms with Gasteiger partial charge in [-0.1, -0.05) is 123 Å². The van der Waals surface area contributed by atoms with Crippen LogP contribution in [0.25, 0.3) is 22.3 Å². The molecule has 0 N–H and O–H groups in total. The molecule has 49 heavy (non-hydrogen) atoms. The van der Waals surface area contributed by atoms with Crippen molar-refractivity contribution in [2.45, 2.75) is 26.2 Å². The van der Waals surface area contributed by atoms with E-state index in [1.807, 2.05) is 0 Å². The number of aryl methyl sites for hydroxylation is 1. The number of benzene rings is 7.